The Labute approximate surface area is 82.8 Å². The van der Waals surface area contributed by atoms with E-state index in [9.17, 15) is 13.2 Å². The largest absolute Gasteiger partial charge is 0.411 e. The van der Waals surface area contributed by atoms with Crippen molar-refractivity contribution in [3.63, 3.8) is 0 Å². The van der Waals surface area contributed by atoms with Crippen molar-refractivity contribution in [1.82, 2.24) is 5.32 Å². The van der Waals surface area contributed by atoms with Gasteiger partial charge in [-0.25, -0.2) is 0 Å². The van der Waals surface area contributed by atoms with Gasteiger partial charge in [0.1, 0.15) is 6.61 Å². The molecular weight excluding hydrogens is 195 g/mol. The Morgan fingerprint density at radius 3 is 2.21 bits per heavy atom. The fraction of sp³-hybridized carbons (Fsp3) is 1.00. The Balaban J connectivity index is 3.85. The van der Waals surface area contributed by atoms with Gasteiger partial charge < -0.3 is 10.1 Å². The molecule has 0 aromatic heterocycles. The van der Waals surface area contributed by atoms with E-state index < -0.39 is 18.9 Å². The maximum absolute atomic E-state index is 11.8. The second kappa shape index (κ2) is 6.24. The third kappa shape index (κ3) is 6.21. The summed E-state index contributed by atoms with van der Waals surface area (Å²) in [5.74, 6) is 0. The van der Waals surface area contributed by atoms with Crippen LogP contribution in [0, 0.1) is 0 Å². The number of hydrogen-bond acceptors (Lipinski definition) is 2. The van der Waals surface area contributed by atoms with Crippen LogP contribution >= 0.6 is 0 Å². The molecule has 0 radical (unpaired) electrons. The number of nitrogens with one attached hydrogen (secondary N) is 1. The molecule has 1 N–H and O–H groups in total. The molecule has 0 aliphatic rings. The average Bonchev–Trinajstić information content (AvgIpc) is 2.09. The third-order valence-electron chi connectivity index (χ3n) is 1.98. The van der Waals surface area contributed by atoms with Crippen molar-refractivity contribution in [3.05, 3.63) is 0 Å². The summed E-state index contributed by atoms with van der Waals surface area (Å²) in [6.45, 7) is 5.05. The Kier molecular flexibility index (Phi) is 6.11. The standard InChI is InChI=1S/C9H18F3NO/c1-4-8(13-5-2)7(3)14-6-9(10,11)12/h7-8,13H,4-6H2,1-3H3. The maximum Gasteiger partial charge on any atom is 0.411 e. The quantitative estimate of drug-likeness (QED) is 0.731. The van der Waals surface area contributed by atoms with Crippen molar-refractivity contribution >= 4 is 0 Å². The van der Waals surface area contributed by atoms with Gasteiger partial charge in [0.05, 0.1) is 6.10 Å². The van der Waals surface area contributed by atoms with Crippen LogP contribution in [0.2, 0.25) is 0 Å². The zero-order valence-corrected chi connectivity index (χ0v) is 8.82. The summed E-state index contributed by atoms with van der Waals surface area (Å²) >= 11 is 0. The summed E-state index contributed by atoms with van der Waals surface area (Å²) in [5, 5.41) is 3.08. The lowest BCUT2D eigenvalue weighted by atomic mass is 10.1. The predicted octanol–water partition coefficient (Wildman–Crippen LogP) is 2.34. The molecule has 86 valence electrons. The van der Waals surface area contributed by atoms with Crippen molar-refractivity contribution in [3.8, 4) is 0 Å². The minimum Gasteiger partial charge on any atom is -0.367 e. The topological polar surface area (TPSA) is 21.3 Å². The third-order valence-corrected chi connectivity index (χ3v) is 1.98. The zero-order chi connectivity index (χ0) is 11.2. The van der Waals surface area contributed by atoms with Crippen LogP contribution in [0.5, 0.6) is 0 Å². The Morgan fingerprint density at radius 2 is 1.86 bits per heavy atom. The number of rotatable bonds is 6. The summed E-state index contributed by atoms with van der Waals surface area (Å²) < 4.78 is 40.2. The van der Waals surface area contributed by atoms with Gasteiger partial charge in [0.2, 0.25) is 0 Å². The smallest absolute Gasteiger partial charge is 0.367 e. The predicted molar refractivity (Wildman–Crippen MR) is 49.2 cm³/mol. The first-order chi connectivity index (χ1) is 6.40. The Hall–Kier alpha value is -0.290. The van der Waals surface area contributed by atoms with Crippen molar-refractivity contribution in [2.45, 2.75) is 45.5 Å². The van der Waals surface area contributed by atoms with Crippen LogP contribution in [0.3, 0.4) is 0 Å². The highest BCUT2D eigenvalue weighted by Crippen LogP contribution is 2.16. The number of ether oxygens (including phenoxy) is 1. The number of hydrogen-bond donors (Lipinski definition) is 1. The van der Waals surface area contributed by atoms with Crippen LogP contribution in [0.25, 0.3) is 0 Å². The first kappa shape index (κ1) is 13.7. The Morgan fingerprint density at radius 1 is 1.29 bits per heavy atom. The fourth-order valence-electron chi connectivity index (χ4n) is 1.25. The lowest BCUT2D eigenvalue weighted by Crippen LogP contribution is -2.40. The monoisotopic (exact) mass is 213 g/mol. The molecule has 0 aliphatic carbocycles. The molecule has 0 aromatic rings. The van der Waals surface area contributed by atoms with Gasteiger partial charge in [-0.05, 0) is 19.9 Å². The van der Waals surface area contributed by atoms with Crippen LogP contribution in [-0.4, -0.2) is 31.5 Å². The Bertz CT molecular complexity index is 149. The van der Waals surface area contributed by atoms with Crippen molar-refractivity contribution in [2.75, 3.05) is 13.2 Å². The van der Waals surface area contributed by atoms with Crippen LogP contribution < -0.4 is 5.32 Å². The lowest BCUT2D eigenvalue weighted by Gasteiger charge is -2.24. The molecule has 0 bridgehead atoms. The highest BCUT2D eigenvalue weighted by molar-refractivity contribution is 4.71. The van der Waals surface area contributed by atoms with Crippen LogP contribution in [0.4, 0.5) is 13.2 Å². The molecule has 2 atom stereocenters. The lowest BCUT2D eigenvalue weighted by molar-refractivity contribution is -0.186. The van der Waals surface area contributed by atoms with Gasteiger partial charge in [-0.1, -0.05) is 13.8 Å². The van der Waals surface area contributed by atoms with Crippen LogP contribution in [-0.2, 0) is 4.74 Å². The molecule has 0 aliphatic heterocycles. The van der Waals surface area contributed by atoms with Gasteiger partial charge in [-0.3, -0.25) is 0 Å². The maximum atomic E-state index is 11.8. The first-order valence-electron chi connectivity index (χ1n) is 4.82. The van der Waals surface area contributed by atoms with Crippen LogP contribution in [0.1, 0.15) is 27.2 Å². The SMILES string of the molecule is CCNC(CC)C(C)OCC(F)(F)F. The molecule has 0 fully saturated rings. The summed E-state index contributed by atoms with van der Waals surface area (Å²) in [7, 11) is 0. The van der Waals surface area contributed by atoms with E-state index in [0.717, 1.165) is 13.0 Å². The number of halogens is 3. The van der Waals surface area contributed by atoms with E-state index in [4.69, 9.17) is 4.74 Å². The first-order valence-corrected chi connectivity index (χ1v) is 4.82. The van der Waals surface area contributed by atoms with E-state index in [1.54, 1.807) is 6.92 Å². The second-order valence-corrected chi connectivity index (χ2v) is 3.20. The summed E-state index contributed by atoms with van der Waals surface area (Å²) in [6.07, 6.45) is -3.90. The van der Waals surface area contributed by atoms with Gasteiger partial charge in [0, 0.05) is 6.04 Å². The van der Waals surface area contributed by atoms with Gasteiger partial charge in [0.25, 0.3) is 0 Å². The molecule has 0 rings (SSSR count). The minimum atomic E-state index is -4.24. The number of likely N-dealkylation sites (N-methyl/N-ethyl adjacent to an activating group) is 1. The molecule has 0 spiro atoms. The summed E-state index contributed by atoms with van der Waals surface area (Å²) in [5.41, 5.74) is 0. The minimum absolute atomic E-state index is 0.0117. The van der Waals surface area contributed by atoms with Crippen molar-refractivity contribution < 1.29 is 17.9 Å². The van der Waals surface area contributed by atoms with Gasteiger partial charge in [-0.15, -0.1) is 0 Å². The number of alkyl halides is 3. The molecule has 2 unspecified atom stereocenters. The van der Waals surface area contributed by atoms with E-state index in [-0.39, 0.29) is 6.04 Å². The highest BCUT2D eigenvalue weighted by Gasteiger charge is 2.29. The van der Waals surface area contributed by atoms with E-state index in [1.165, 1.54) is 0 Å². The van der Waals surface area contributed by atoms with E-state index in [0.29, 0.717) is 0 Å². The summed E-state index contributed by atoms with van der Waals surface area (Å²) in [6, 6.07) is -0.0117. The fourth-order valence-corrected chi connectivity index (χ4v) is 1.25. The van der Waals surface area contributed by atoms with E-state index >= 15 is 0 Å². The van der Waals surface area contributed by atoms with E-state index in [1.807, 2.05) is 13.8 Å². The molecule has 0 aromatic carbocycles. The average molecular weight is 213 g/mol. The molecule has 2 nitrogen and oxygen atoms in total. The summed E-state index contributed by atoms with van der Waals surface area (Å²) in [4.78, 5) is 0. The molecule has 0 saturated carbocycles. The van der Waals surface area contributed by atoms with Gasteiger partial charge >= 0.3 is 6.18 Å². The zero-order valence-electron chi connectivity index (χ0n) is 8.82. The molecular formula is C9H18F3NO. The molecule has 0 amide bonds. The molecule has 5 heteroatoms. The van der Waals surface area contributed by atoms with Gasteiger partial charge in [0.15, 0.2) is 0 Å². The van der Waals surface area contributed by atoms with Crippen molar-refractivity contribution in [1.29, 1.82) is 0 Å². The molecule has 0 heterocycles. The molecule has 0 saturated heterocycles. The van der Waals surface area contributed by atoms with Crippen LogP contribution in [0.15, 0.2) is 0 Å². The molecule has 14 heavy (non-hydrogen) atoms. The second-order valence-electron chi connectivity index (χ2n) is 3.20. The highest BCUT2D eigenvalue weighted by atomic mass is 19.4. The normalized spacial score (nSPS) is 16.7. The van der Waals surface area contributed by atoms with Crippen molar-refractivity contribution in [2.24, 2.45) is 0 Å². The van der Waals surface area contributed by atoms with Gasteiger partial charge in [-0.2, -0.15) is 13.2 Å². The van der Waals surface area contributed by atoms with E-state index in [2.05, 4.69) is 5.32 Å².